The van der Waals surface area contributed by atoms with Gasteiger partial charge in [-0.25, -0.2) is 4.67 Å². The Labute approximate surface area is 125 Å². The molecule has 0 N–H and O–H groups in total. The van der Waals surface area contributed by atoms with E-state index in [4.69, 9.17) is 0 Å². The molecule has 6 nitrogen and oxygen atoms in total. The zero-order chi connectivity index (χ0) is 15.9. The van der Waals surface area contributed by atoms with Gasteiger partial charge >= 0.3 is 0 Å². The van der Waals surface area contributed by atoms with Crippen LogP contribution < -0.4 is 4.89 Å². The van der Waals surface area contributed by atoms with Gasteiger partial charge in [0.1, 0.15) is 0 Å². The van der Waals surface area contributed by atoms with Crippen molar-refractivity contribution in [1.82, 2.24) is 14.0 Å². The molecule has 2 rings (SSSR count). The Morgan fingerprint density at radius 1 is 0.952 bits per heavy atom. The van der Waals surface area contributed by atoms with Crippen LogP contribution in [0.4, 0.5) is 0 Å². The van der Waals surface area contributed by atoms with E-state index in [1.165, 1.54) is 21.1 Å². The highest BCUT2D eigenvalue weighted by Crippen LogP contribution is 2.59. The second kappa shape index (κ2) is 5.39. The van der Waals surface area contributed by atoms with Crippen molar-refractivity contribution in [2.45, 2.75) is 0 Å². The lowest BCUT2D eigenvalue weighted by Gasteiger charge is -2.45. The van der Waals surface area contributed by atoms with E-state index in [0.29, 0.717) is 11.1 Å². The van der Waals surface area contributed by atoms with E-state index in [-0.39, 0.29) is 17.2 Å². The lowest BCUT2D eigenvalue weighted by atomic mass is 10.1. The first-order valence-corrected chi connectivity index (χ1v) is 8.04. The molecule has 113 valence electrons. The van der Waals surface area contributed by atoms with E-state index in [0.717, 1.165) is 0 Å². The van der Waals surface area contributed by atoms with Crippen LogP contribution in [0.25, 0.3) is 5.76 Å². The van der Waals surface area contributed by atoms with Gasteiger partial charge in [0.25, 0.3) is 0 Å². The van der Waals surface area contributed by atoms with Crippen LogP contribution in [0.2, 0.25) is 0 Å². The Hall–Kier alpha value is -1.46. The standard InChI is InChI=1S/C14H19N3O3P/c1-15(2)21(20,16(3)4)17(5)12-13(18)10-8-6-7-9-11(10)14(12)19/h6-9H,1-5H3. The van der Waals surface area contributed by atoms with E-state index >= 15 is 0 Å². The molecule has 1 aromatic rings. The van der Waals surface area contributed by atoms with Gasteiger partial charge in [0.05, 0.1) is 0 Å². The molecule has 1 radical (unpaired) electrons. The van der Waals surface area contributed by atoms with Gasteiger partial charge in [-0.05, 0) is 0 Å². The number of allylic oxidation sites excluding steroid dienone is 1. The number of ketones is 1. The summed E-state index contributed by atoms with van der Waals surface area (Å²) in [7, 11) is 4.99. The maximum Gasteiger partial charge on any atom is 0.217 e. The van der Waals surface area contributed by atoms with E-state index in [2.05, 4.69) is 0 Å². The number of rotatable bonds is 4. The van der Waals surface area contributed by atoms with Gasteiger partial charge in [0.15, 0.2) is 5.70 Å². The van der Waals surface area contributed by atoms with Crippen LogP contribution in [0.3, 0.4) is 0 Å². The normalized spacial score (nSPS) is 15.1. The summed E-state index contributed by atoms with van der Waals surface area (Å²) in [5, 5.41) is 12.5. The smallest absolute Gasteiger partial charge is 0.217 e. The molecule has 0 saturated carbocycles. The minimum absolute atomic E-state index is 0.0399. The minimum Gasteiger partial charge on any atom is -0.631 e. The number of carbonyl (C=O) groups excluding carboxylic acids is 1. The van der Waals surface area contributed by atoms with Crippen molar-refractivity contribution >= 4 is 19.5 Å². The Bertz CT molecular complexity index is 605. The molecule has 0 saturated heterocycles. The third-order valence-electron chi connectivity index (χ3n) is 3.60. The van der Waals surface area contributed by atoms with E-state index in [1.54, 1.807) is 52.5 Å². The molecular weight excluding hydrogens is 289 g/mol. The number of nitrogens with zero attached hydrogens (tertiary/aromatic N) is 3. The van der Waals surface area contributed by atoms with Gasteiger partial charge in [-0.2, -0.15) is 9.34 Å². The Morgan fingerprint density at radius 3 is 1.86 bits per heavy atom. The van der Waals surface area contributed by atoms with Crippen LogP contribution in [-0.2, 0) is 5.11 Å². The lowest BCUT2D eigenvalue weighted by molar-refractivity contribution is -0.202. The number of Topliss-reactive ketones (excluding diaryl/α,β-unsaturated/α-hetero) is 1. The lowest BCUT2D eigenvalue weighted by Crippen LogP contribution is -2.45. The summed E-state index contributed by atoms with van der Waals surface area (Å²) < 4.78 is 4.38. The van der Waals surface area contributed by atoms with Crippen molar-refractivity contribution in [3.8, 4) is 0 Å². The fraction of sp³-hybridized carbons (Fsp3) is 0.357. The van der Waals surface area contributed by atoms with E-state index in [1.807, 2.05) is 0 Å². The van der Waals surface area contributed by atoms with Crippen molar-refractivity contribution in [2.75, 3.05) is 35.2 Å². The van der Waals surface area contributed by atoms with Crippen LogP contribution in [0.5, 0.6) is 0 Å². The van der Waals surface area contributed by atoms with Crippen LogP contribution in [0, 0.1) is 0 Å². The zero-order valence-electron chi connectivity index (χ0n) is 12.8. The first kappa shape index (κ1) is 15.9. The average molecular weight is 308 g/mol. The molecule has 0 fully saturated rings. The molecule has 1 aliphatic rings. The average Bonchev–Trinajstić information content (AvgIpc) is 2.69. The number of likely N-dealkylation sites (N-methyl/N-ethyl adjacent to an activating group) is 1. The predicted molar refractivity (Wildman–Crippen MR) is 80.4 cm³/mol. The Kier molecular flexibility index (Phi) is 4.08. The summed E-state index contributed by atoms with van der Waals surface area (Å²) >= 11 is 0. The minimum atomic E-state index is -3.19. The maximum absolute atomic E-state index is 13.2. The van der Waals surface area contributed by atoms with Crippen molar-refractivity contribution in [3.05, 3.63) is 41.1 Å². The van der Waals surface area contributed by atoms with Gasteiger partial charge in [-0.3, -0.25) is 9.90 Å². The number of fused-ring (bicyclic) bond motifs is 1. The quantitative estimate of drug-likeness (QED) is 0.778. The molecule has 0 aromatic heterocycles. The molecule has 0 spiro atoms. The van der Waals surface area contributed by atoms with E-state index < -0.39 is 7.94 Å². The largest absolute Gasteiger partial charge is 0.631 e. The van der Waals surface area contributed by atoms with Crippen molar-refractivity contribution < 1.29 is 14.8 Å². The van der Waals surface area contributed by atoms with Crippen LogP contribution in [-0.4, -0.2) is 55.0 Å². The SMILES string of the molecule is CN(C)[P+]([O-])(N(C)C)N(C)C1=C([O])c2ccccc2C1=O. The van der Waals surface area contributed by atoms with Gasteiger partial charge in [0, 0.05) is 46.4 Å². The molecule has 7 heteroatoms. The number of hydrogen-bond donors (Lipinski definition) is 0. The number of benzene rings is 1. The molecule has 1 aromatic carbocycles. The summed E-state index contributed by atoms with van der Waals surface area (Å²) in [6, 6.07) is 6.66. The fourth-order valence-electron chi connectivity index (χ4n) is 2.56. The molecule has 0 unspecified atom stereocenters. The van der Waals surface area contributed by atoms with Crippen molar-refractivity contribution in [2.24, 2.45) is 0 Å². The monoisotopic (exact) mass is 308 g/mol. The van der Waals surface area contributed by atoms with Crippen LogP contribution in [0.15, 0.2) is 30.0 Å². The molecule has 0 amide bonds. The van der Waals surface area contributed by atoms with Crippen molar-refractivity contribution in [3.63, 3.8) is 0 Å². The second-order valence-corrected chi connectivity index (χ2v) is 8.51. The van der Waals surface area contributed by atoms with Gasteiger partial charge in [-0.15, -0.1) is 0 Å². The summed E-state index contributed by atoms with van der Waals surface area (Å²) in [5.41, 5.74) is 0.698. The molecular formula is C14H19N3O3P. The molecule has 0 bridgehead atoms. The van der Waals surface area contributed by atoms with E-state index in [9.17, 15) is 14.8 Å². The molecule has 0 heterocycles. The molecule has 0 atom stereocenters. The van der Waals surface area contributed by atoms with Crippen molar-refractivity contribution in [1.29, 1.82) is 0 Å². The molecule has 21 heavy (non-hydrogen) atoms. The maximum atomic E-state index is 13.2. The highest BCUT2D eigenvalue weighted by molar-refractivity contribution is 7.61. The third kappa shape index (κ3) is 2.24. The fourth-order valence-corrected chi connectivity index (χ4v) is 4.79. The first-order chi connectivity index (χ1) is 9.72. The van der Waals surface area contributed by atoms with Crippen LogP contribution >= 0.6 is 7.94 Å². The predicted octanol–water partition coefficient (Wildman–Crippen LogP) is 1.07. The first-order valence-electron chi connectivity index (χ1n) is 6.48. The number of hydrogen-bond acceptors (Lipinski definition) is 5. The summed E-state index contributed by atoms with van der Waals surface area (Å²) in [5.74, 6) is -0.746. The number of carbonyl (C=O) groups is 1. The summed E-state index contributed by atoms with van der Waals surface area (Å²) in [6.45, 7) is 0. The Balaban J connectivity index is 2.53. The second-order valence-electron chi connectivity index (χ2n) is 5.28. The van der Waals surface area contributed by atoms with Gasteiger partial charge < -0.3 is 4.89 Å². The molecule has 0 aliphatic heterocycles. The highest BCUT2D eigenvalue weighted by Gasteiger charge is 2.46. The topological polar surface area (TPSA) is 69.8 Å². The Morgan fingerprint density at radius 2 is 1.43 bits per heavy atom. The summed E-state index contributed by atoms with van der Waals surface area (Å²) in [4.78, 5) is 25.7. The van der Waals surface area contributed by atoms with Gasteiger partial charge in [0.2, 0.25) is 19.5 Å². The van der Waals surface area contributed by atoms with Crippen LogP contribution in [0.1, 0.15) is 15.9 Å². The van der Waals surface area contributed by atoms with Gasteiger partial charge in [-0.1, -0.05) is 24.3 Å². The third-order valence-corrected chi connectivity index (χ3v) is 6.67. The molecule has 1 aliphatic carbocycles. The highest BCUT2D eigenvalue weighted by atomic mass is 31.2. The zero-order valence-corrected chi connectivity index (χ0v) is 13.7. The summed E-state index contributed by atoms with van der Waals surface area (Å²) in [6.07, 6.45) is 0.